The summed E-state index contributed by atoms with van der Waals surface area (Å²) in [6.45, 7) is 4.13. The average molecular weight is 257 g/mol. The second kappa shape index (κ2) is 5.91. The van der Waals surface area contributed by atoms with E-state index in [4.69, 9.17) is 10.8 Å². The summed E-state index contributed by atoms with van der Waals surface area (Å²) in [7, 11) is 0. The number of halogens is 1. The number of carboxylic acid groups (broad SMARTS) is 1. The van der Waals surface area contributed by atoms with Crippen LogP contribution in [0.4, 0.5) is 10.1 Å². The second-order valence-electron chi connectivity index (χ2n) is 4.00. The van der Waals surface area contributed by atoms with Crippen molar-refractivity contribution in [2.24, 2.45) is 5.92 Å². The van der Waals surface area contributed by atoms with E-state index in [0.717, 1.165) is 18.2 Å². The summed E-state index contributed by atoms with van der Waals surface area (Å²) in [5.74, 6) is -0.366. The summed E-state index contributed by atoms with van der Waals surface area (Å²) < 4.78 is 13.6. The van der Waals surface area contributed by atoms with Crippen LogP contribution in [0.1, 0.15) is 30.6 Å². The van der Waals surface area contributed by atoms with Crippen molar-refractivity contribution in [2.45, 2.75) is 25.2 Å². The Bertz CT molecular complexity index is 423. The highest BCUT2D eigenvalue weighted by Gasteiger charge is 2.14. The number of aromatic carboxylic acids is 1. The quantitative estimate of drug-likeness (QED) is 0.628. The van der Waals surface area contributed by atoms with Crippen molar-refractivity contribution >= 4 is 23.4 Å². The van der Waals surface area contributed by atoms with Crippen molar-refractivity contribution in [3.8, 4) is 0 Å². The van der Waals surface area contributed by atoms with Gasteiger partial charge in [-0.2, -0.15) is 0 Å². The third-order valence-corrected chi connectivity index (χ3v) is 3.91. The third-order valence-electron chi connectivity index (χ3n) is 2.55. The van der Waals surface area contributed by atoms with Gasteiger partial charge in [0.1, 0.15) is 5.82 Å². The van der Waals surface area contributed by atoms with Gasteiger partial charge in [0.2, 0.25) is 0 Å². The van der Waals surface area contributed by atoms with E-state index in [1.165, 1.54) is 17.8 Å². The lowest BCUT2D eigenvalue weighted by atomic mass is 10.2. The van der Waals surface area contributed by atoms with Crippen LogP contribution < -0.4 is 5.73 Å². The molecule has 0 bridgehead atoms. The lowest BCUT2D eigenvalue weighted by Crippen LogP contribution is -2.04. The summed E-state index contributed by atoms with van der Waals surface area (Å²) in [6.07, 6.45) is 1.01. The predicted octanol–water partition coefficient (Wildman–Crippen LogP) is 3.24. The smallest absolute Gasteiger partial charge is 0.337 e. The van der Waals surface area contributed by atoms with Crippen LogP contribution in [0.15, 0.2) is 17.0 Å². The second-order valence-corrected chi connectivity index (χ2v) is 5.06. The maximum absolute atomic E-state index is 13.6. The van der Waals surface area contributed by atoms with E-state index in [0.29, 0.717) is 10.8 Å². The van der Waals surface area contributed by atoms with Gasteiger partial charge in [0.05, 0.1) is 5.56 Å². The van der Waals surface area contributed by atoms with Crippen LogP contribution >= 0.6 is 11.8 Å². The monoisotopic (exact) mass is 257 g/mol. The van der Waals surface area contributed by atoms with Gasteiger partial charge in [0.25, 0.3) is 0 Å². The Morgan fingerprint density at radius 2 is 2.24 bits per heavy atom. The van der Waals surface area contributed by atoms with Crippen LogP contribution in [0.2, 0.25) is 0 Å². The van der Waals surface area contributed by atoms with E-state index in [1.807, 2.05) is 0 Å². The molecule has 0 saturated heterocycles. The summed E-state index contributed by atoms with van der Waals surface area (Å²) >= 11 is 1.33. The predicted molar refractivity (Wildman–Crippen MR) is 68.0 cm³/mol. The molecule has 0 spiro atoms. The van der Waals surface area contributed by atoms with Crippen LogP contribution in [0.3, 0.4) is 0 Å². The molecule has 0 heterocycles. The average Bonchev–Trinajstić information content (AvgIpc) is 2.26. The van der Waals surface area contributed by atoms with Crippen LogP contribution in [0, 0.1) is 11.7 Å². The largest absolute Gasteiger partial charge is 0.478 e. The minimum atomic E-state index is -1.13. The zero-order chi connectivity index (χ0) is 13.0. The molecule has 0 saturated carbocycles. The molecule has 0 aliphatic carbocycles. The van der Waals surface area contributed by atoms with Gasteiger partial charge >= 0.3 is 5.97 Å². The van der Waals surface area contributed by atoms with Crippen molar-refractivity contribution in [1.82, 2.24) is 0 Å². The van der Waals surface area contributed by atoms with Crippen LogP contribution in [-0.4, -0.2) is 16.8 Å². The van der Waals surface area contributed by atoms with Crippen molar-refractivity contribution < 1.29 is 14.3 Å². The number of hydrogen-bond acceptors (Lipinski definition) is 3. The number of carboxylic acids is 1. The number of nitrogen functional groups attached to an aromatic ring is 1. The maximum Gasteiger partial charge on any atom is 0.337 e. The maximum atomic E-state index is 13.6. The molecule has 1 aromatic rings. The van der Waals surface area contributed by atoms with Gasteiger partial charge in [-0.25, -0.2) is 9.18 Å². The van der Waals surface area contributed by atoms with Crippen molar-refractivity contribution in [3.05, 3.63) is 23.5 Å². The van der Waals surface area contributed by atoms with Gasteiger partial charge in [0.15, 0.2) is 0 Å². The van der Waals surface area contributed by atoms with E-state index in [-0.39, 0.29) is 11.3 Å². The number of thioether (sulfide) groups is 1. The highest BCUT2D eigenvalue weighted by atomic mass is 32.2. The van der Waals surface area contributed by atoms with Gasteiger partial charge in [0, 0.05) is 16.3 Å². The topological polar surface area (TPSA) is 63.3 Å². The fraction of sp³-hybridized carbons (Fsp3) is 0.417. The van der Waals surface area contributed by atoms with Crippen LogP contribution in [0.5, 0.6) is 0 Å². The number of carbonyl (C=O) groups is 1. The van der Waals surface area contributed by atoms with E-state index in [2.05, 4.69) is 13.8 Å². The SMILES string of the molecule is CCC(C)CSc1cc(C(=O)O)c(N)cc1F. The minimum Gasteiger partial charge on any atom is -0.478 e. The first kappa shape index (κ1) is 13.8. The highest BCUT2D eigenvalue weighted by molar-refractivity contribution is 7.99. The summed E-state index contributed by atoms with van der Waals surface area (Å²) in [5.41, 5.74) is 5.36. The Morgan fingerprint density at radius 3 is 2.76 bits per heavy atom. The Labute approximate surface area is 104 Å². The van der Waals surface area contributed by atoms with Crippen molar-refractivity contribution in [3.63, 3.8) is 0 Å². The fourth-order valence-corrected chi connectivity index (χ4v) is 2.31. The number of hydrogen-bond donors (Lipinski definition) is 2. The Morgan fingerprint density at radius 1 is 1.59 bits per heavy atom. The van der Waals surface area contributed by atoms with E-state index in [1.54, 1.807) is 0 Å². The number of rotatable bonds is 5. The minimum absolute atomic E-state index is 0.0390. The first-order valence-corrected chi connectivity index (χ1v) is 6.39. The molecule has 3 nitrogen and oxygen atoms in total. The summed E-state index contributed by atoms with van der Waals surface area (Å²) in [6, 6.07) is 2.38. The molecule has 0 radical (unpaired) electrons. The fourth-order valence-electron chi connectivity index (χ4n) is 1.21. The molecular formula is C12H16FNO2S. The normalized spacial score (nSPS) is 12.4. The highest BCUT2D eigenvalue weighted by Crippen LogP contribution is 2.28. The summed E-state index contributed by atoms with van der Waals surface area (Å²) in [5, 5.41) is 8.89. The standard InChI is InChI=1S/C12H16FNO2S/c1-3-7(2)6-17-11-4-8(12(15)16)10(14)5-9(11)13/h4-5,7H,3,6,14H2,1-2H3,(H,15,16). The first-order chi connectivity index (χ1) is 7.95. The Kier molecular flexibility index (Phi) is 4.81. The summed E-state index contributed by atoms with van der Waals surface area (Å²) in [4.78, 5) is 11.2. The molecule has 5 heteroatoms. The Hall–Kier alpha value is -1.23. The third kappa shape index (κ3) is 3.63. The molecule has 1 atom stereocenters. The molecule has 0 amide bonds. The Balaban J connectivity index is 2.92. The van der Waals surface area contributed by atoms with Gasteiger partial charge in [-0.1, -0.05) is 20.3 Å². The molecule has 3 N–H and O–H groups in total. The molecule has 0 fully saturated rings. The van der Waals surface area contributed by atoms with Gasteiger partial charge in [-0.15, -0.1) is 11.8 Å². The molecular weight excluding hydrogens is 241 g/mol. The molecule has 0 aromatic heterocycles. The number of anilines is 1. The van der Waals surface area contributed by atoms with Gasteiger partial charge in [-0.3, -0.25) is 0 Å². The van der Waals surface area contributed by atoms with Crippen molar-refractivity contribution in [1.29, 1.82) is 0 Å². The molecule has 0 aliphatic rings. The zero-order valence-corrected chi connectivity index (χ0v) is 10.7. The van der Waals surface area contributed by atoms with E-state index < -0.39 is 11.8 Å². The van der Waals surface area contributed by atoms with Gasteiger partial charge in [-0.05, 0) is 18.1 Å². The van der Waals surface area contributed by atoms with Gasteiger partial charge < -0.3 is 10.8 Å². The zero-order valence-electron chi connectivity index (χ0n) is 9.87. The number of benzene rings is 1. The lowest BCUT2D eigenvalue weighted by molar-refractivity contribution is 0.0697. The molecule has 0 aliphatic heterocycles. The molecule has 1 rings (SSSR count). The molecule has 1 aromatic carbocycles. The number of nitrogens with two attached hydrogens (primary N) is 1. The molecule has 17 heavy (non-hydrogen) atoms. The van der Waals surface area contributed by atoms with E-state index in [9.17, 15) is 9.18 Å². The molecule has 1 unspecified atom stereocenters. The van der Waals surface area contributed by atoms with Crippen LogP contribution in [-0.2, 0) is 0 Å². The van der Waals surface area contributed by atoms with E-state index >= 15 is 0 Å². The first-order valence-electron chi connectivity index (χ1n) is 5.40. The van der Waals surface area contributed by atoms with Crippen molar-refractivity contribution in [2.75, 3.05) is 11.5 Å². The van der Waals surface area contributed by atoms with Crippen LogP contribution in [0.25, 0.3) is 0 Å². The lowest BCUT2D eigenvalue weighted by Gasteiger charge is -2.10. The molecule has 94 valence electrons.